The maximum Gasteiger partial charge on any atom is 0.259 e. The van der Waals surface area contributed by atoms with Crippen molar-refractivity contribution in [3.05, 3.63) is 36.0 Å². The van der Waals surface area contributed by atoms with E-state index in [1.54, 1.807) is 39.2 Å². The number of rotatable bonds is 6. The molecule has 4 N–H and O–H groups in total. The highest BCUT2D eigenvalue weighted by Gasteiger charge is 2.63. The molecule has 13 nitrogen and oxygen atoms in total. The third-order valence-electron chi connectivity index (χ3n) is 9.80. The molecule has 4 aliphatic rings. The normalized spacial score (nSPS) is 30.2. The molecule has 0 bridgehead atoms. The molecule has 1 aromatic carbocycles. The van der Waals surface area contributed by atoms with E-state index in [2.05, 4.69) is 20.0 Å². The highest BCUT2D eigenvalue weighted by Crippen LogP contribution is 2.47. The van der Waals surface area contributed by atoms with E-state index in [0.29, 0.717) is 41.7 Å². The third kappa shape index (κ3) is 6.16. The number of ether oxygens (including phenoxy) is 2. The fourth-order valence-corrected chi connectivity index (χ4v) is 7.66. The lowest BCUT2D eigenvalue weighted by molar-refractivity contribution is -0.140. The van der Waals surface area contributed by atoms with E-state index in [1.165, 1.54) is 4.90 Å². The first kappa shape index (κ1) is 32.2. The Morgan fingerprint density at radius 2 is 1.93 bits per heavy atom. The van der Waals surface area contributed by atoms with E-state index in [1.807, 2.05) is 12.2 Å². The number of amides is 3. The standard InChI is InChI=1S/C32H42N6O7S/c1-19-28(35-25-15-21(44-3)11-12-24(25)34-19)45-22-16-26-27(39)36-32(30(41)37-46(42,43)31(2)13-14-31)17-20(32)9-7-5-4-6-8-10-23(33)29(40)38(26)18-22/h7,9,11-12,15,20,22-23,26H,4-6,8,10,13-14,16-18,33H2,1-3H3,(H,36,39)(H,37,41)/b9-7-/t20-,22-,23+,26+,32-/m1/s1. The molecule has 2 aliphatic heterocycles. The molecular formula is C32H42N6O7S. The van der Waals surface area contributed by atoms with Crippen LogP contribution in [0.2, 0.25) is 0 Å². The number of aryl methyl sites for hydroxylation is 1. The van der Waals surface area contributed by atoms with E-state index in [0.717, 1.165) is 25.7 Å². The topological polar surface area (TPSA) is 183 Å². The second-order valence-corrected chi connectivity index (χ2v) is 15.5. The van der Waals surface area contributed by atoms with Gasteiger partial charge in [0.05, 0.1) is 35.5 Å². The maximum atomic E-state index is 14.0. The van der Waals surface area contributed by atoms with Crippen LogP contribution in [0.3, 0.4) is 0 Å². The SMILES string of the molecule is COc1ccc2nc(C)c(O[C@@H]3C[C@H]4C(=O)N[C@]5(C(=O)NS(=O)(=O)C6(C)CC6)C[C@H]5/C=C\CCCCC[C@H](N)C(=O)N4C3)nc2c1. The molecule has 248 valence electrons. The molecule has 14 heteroatoms. The Kier molecular flexibility index (Phi) is 8.47. The minimum atomic E-state index is -3.93. The highest BCUT2D eigenvalue weighted by atomic mass is 32.2. The number of carbonyl (C=O) groups excluding carboxylic acids is 3. The van der Waals surface area contributed by atoms with Crippen LogP contribution in [0.25, 0.3) is 11.0 Å². The van der Waals surface area contributed by atoms with Crippen LogP contribution in [0.1, 0.15) is 70.4 Å². The zero-order valence-corrected chi connectivity index (χ0v) is 27.3. The summed E-state index contributed by atoms with van der Waals surface area (Å²) in [7, 11) is -2.37. The Morgan fingerprint density at radius 3 is 2.67 bits per heavy atom. The lowest BCUT2D eigenvalue weighted by Gasteiger charge is -2.28. The largest absolute Gasteiger partial charge is 0.497 e. The predicted octanol–water partition coefficient (Wildman–Crippen LogP) is 2.02. The smallest absolute Gasteiger partial charge is 0.259 e. The summed E-state index contributed by atoms with van der Waals surface area (Å²) in [5, 5.41) is 2.87. The molecule has 1 aromatic heterocycles. The lowest BCUT2D eigenvalue weighted by atomic mass is 10.1. The van der Waals surface area contributed by atoms with Gasteiger partial charge >= 0.3 is 0 Å². The van der Waals surface area contributed by atoms with Crippen LogP contribution in [0.15, 0.2) is 30.4 Å². The Bertz CT molecular complexity index is 1690. The van der Waals surface area contributed by atoms with Crippen molar-refractivity contribution in [2.45, 2.75) is 100 Å². The molecule has 0 radical (unpaired) electrons. The average Bonchev–Trinajstić information content (AvgIpc) is 3.90. The van der Waals surface area contributed by atoms with Gasteiger partial charge in [-0.1, -0.05) is 25.0 Å². The molecule has 2 aromatic rings. The molecule has 2 saturated carbocycles. The summed E-state index contributed by atoms with van der Waals surface area (Å²) in [6, 6.07) is 3.55. The first-order valence-corrected chi connectivity index (χ1v) is 17.4. The Labute approximate surface area is 268 Å². The van der Waals surface area contributed by atoms with Gasteiger partial charge in [-0.15, -0.1) is 0 Å². The molecule has 46 heavy (non-hydrogen) atoms. The van der Waals surface area contributed by atoms with E-state index in [9.17, 15) is 22.8 Å². The number of benzene rings is 1. The molecule has 0 unspecified atom stereocenters. The van der Waals surface area contributed by atoms with Gasteiger partial charge in [0.1, 0.15) is 29.1 Å². The van der Waals surface area contributed by atoms with Gasteiger partial charge < -0.3 is 25.4 Å². The number of aromatic nitrogens is 2. The van der Waals surface area contributed by atoms with E-state index in [4.69, 9.17) is 15.2 Å². The van der Waals surface area contributed by atoms with Gasteiger partial charge in [-0.05, 0) is 64.5 Å². The minimum absolute atomic E-state index is 0.0805. The van der Waals surface area contributed by atoms with Gasteiger partial charge in [0, 0.05) is 18.4 Å². The van der Waals surface area contributed by atoms with Crippen molar-refractivity contribution < 1.29 is 32.3 Å². The van der Waals surface area contributed by atoms with Crippen molar-refractivity contribution in [3.63, 3.8) is 0 Å². The molecule has 3 amide bonds. The molecular weight excluding hydrogens is 612 g/mol. The number of fused-ring (bicyclic) bond motifs is 3. The van der Waals surface area contributed by atoms with E-state index in [-0.39, 0.29) is 37.1 Å². The van der Waals surface area contributed by atoms with Crippen LogP contribution in [-0.2, 0) is 24.4 Å². The Morgan fingerprint density at radius 1 is 1.15 bits per heavy atom. The molecule has 6 rings (SSSR count). The summed E-state index contributed by atoms with van der Waals surface area (Å²) in [6.45, 7) is 3.45. The Balaban J connectivity index is 1.27. The molecule has 2 aliphatic carbocycles. The fourth-order valence-electron chi connectivity index (χ4n) is 6.34. The number of methoxy groups -OCH3 is 1. The number of hydrogen-bond acceptors (Lipinski definition) is 10. The first-order valence-electron chi connectivity index (χ1n) is 16.0. The zero-order chi connectivity index (χ0) is 32.9. The zero-order valence-electron chi connectivity index (χ0n) is 26.5. The van der Waals surface area contributed by atoms with E-state index < -0.39 is 50.3 Å². The monoisotopic (exact) mass is 654 g/mol. The summed E-state index contributed by atoms with van der Waals surface area (Å²) in [5.74, 6) is -1.19. The molecule has 5 atom stereocenters. The summed E-state index contributed by atoms with van der Waals surface area (Å²) in [5.41, 5.74) is 6.69. The number of nitrogens with one attached hydrogen (secondary N) is 2. The third-order valence-corrected chi connectivity index (χ3v) is 12.0. The summed E-state index contributed by atoms with van der Waals surface area (Å²) in [6.07, 6.45) is 8.29. The van der Waals surface area contributed by atoms with Crippen molar-refractivity contribution in [1.29, 1.82) is 0 Å². The van der Waals surface area contributed by atoms with Gasteiger partial charge in [0.15, 0.2) is 0 Å². The number of allylic oxidation sites excluding steroid dienone is 1. The van der Waals surface area contributed by atoms with Crippen LogP contribution in [0.4, 0.5) is 0 Å². The van der Waals surface area contributed by atoms with Crippen molar-refractivity contribution in [2.75, 3.05) is 13.7 Å². The van der Waals surface area contributed by atoms with Crippen LogP contribution in [0.5, 0.6) is 11.6 Å². The van der Waals surface area contributed by atoms with Gasteiger partial charge in [-0.2, -0.15) is 0 Å². The number of carbonyl (C=O) groups is 3. The predicted molar refractivity (Wildman–Crippen MR) is 169 cm³/mol. The molecule has 3 fully saturated rings. The van der Waals surface area contributed by atoms with Crippen LogP contribution in [0, 0.1) is 12.8 Å². The summed E-state index contributed by atoms with van der Waals surface area (Å²) < 4.78 is 38.8. The van der Waals surface area contributed by atoms with Crippen molar-refractivity contribution in [1.82, 2.24) is 24.9 Å². The summed E-state index contributed by atoms with van der Waals surface area (Å²) >= 11 is 0. The van der Waals surface area contributed by atoms with Crippen molar-refractivity contribution >= 4 is 38.8 Å². The lowest BCUT2D eigenvalue weighted by Crippen LogP contribution is -2.58. The fraction of sp³-hybridized carbons (Fsp3) is 0.594. The van der Waals surface area contributed by atoms with Crippen LogP contribution >= 0.6 is 0 Å². The molecule has 1 saturated heterocycles. The number of nitrogens with zero attached hydrogens (tertiary/aromatic N) is 3. The van der Waals surface area contributed by atoms with Gasteiger partial charge in [0.2, 0.25) is 27.7 Å². The maximum absolute atomic E-state index is 14.0. The van der Waals surface area contributed by atoms with Crippen molar-refractivity contribution in [2.24, 2.45) is 11.7 Å². The average molecular weight is 655 g/mol. The van der Waals surface area contributed by atoms with Crippen LogP contribution < -0.4 is 25.2 Å². The van der Waals surface area contributed by atoms with E-state index >= 15 is 0 Å². The quantitative estimate of drug-likeness (QED) is 0.390. The Hall–Kier alpha value is -3.78. The second-order valence-electron chi connectivity index (χ2n) is 13.3. The van der Waals surface area contributed by atoms with Crippen LogP contribution in [-0.4, -0.2) is 83.1 Å². The van der Waals surface area contributed by atoms with Gasteiger partial charge in [0.25, 0.3) is 5.91 Å². The number of nitrogens with two attached hydrogens (primary N) is 1. The summed E-state index contributed by atoms with van der Waals surface area (Å²) in [4.78, 5) is 52.0. The minimum Gasteiger partial charge on any atom is -0.497 e. The molecule has 3 heterocycles. The highest BCUT2D eigenvalue weighted by molar-refractivity contribution is 7.91. The second kappa shape index (κ2) is 12.1. The van der Waals surface area contributed by atoms with Crippen molar-refractivity contribution in [3.8, 4) is 11.6 Å². The molecule has 0 spiro atoms. The number of sulfonamides is 1. The number of hydrogen-bond donors (Lipinski definition) is 3. The van der Waals surface area contributed by atoms with Gasteiger partial charge in [-0.3, -0.25) is 19.1 Å². The first-order chi connectivity index (χ1) is 21.9. The van der Waals surface area contributed by atoms with Gasteiger partial charge in [-0.25, -0.2) is 18.4 Å².